The lowest BCUT2D eigenvalue weighted by molar-refractivity contribution is -0.144. The number of hydrogen-bond acceptors (Lipinski definition) is 8. The number of nitrogens with zero attached hydrogens (tertiary/aromatic N) is 1. The zero-order valence-corrected chi connectivity index (χ0v) is 26.4. The summed E-state index contributed by atoms with van der Waals surface area (Å²) in [5.41, 5.74) is -0.0611. The van der Waals surface area contributed by atoms with Crippen molar-refractivity contribution in [2.75, 3.05) is 50.5 Å². The summed E-state index contributed by atoms with van der Waals surface area (Å²) in [6.07, 6.45) is 19.9. The molecule has 0 radical (unpaired) electrons. The third kappa shape index (κ3) is 16.7. The highest BCUT2D eigenvalue weighted by atomic mass is 16.5. The molecule has 41 heavy (non-hydrogen) atoms. The number of carbonyl (C=O) groups is 2. The second-order valence-electron chi connectivity index (χ2n) is 11.5. The molecule has 0 unspecified atom stereocenters. The Morgan fingerprint density at radius 2 is 1.34 bits per heavy atom. The molecule has 2 N–H and O–H groups in total. The third-order valence-electron chi connectivity index (χ3n) is 7.95. The van der Waals surface area contributed by atoms with E-state index in [9.17, 15) is 19.2 Å². The van der Waals surface area contributed by atoms with Gasteiger partial charge in [0.2, 0.25) is 0 Å². The molecule has 8 nitrogen and oxygen atoms in total. The molecule has 0 aliphatic rings. The van der Waals surface area contributed by atoms with Gasteiger partial charge < -0.3 is 25.1 Å². The summed E-state index contributed by atoms with van der Waals surface area (Å²) >= 11 is 0. The number of rotatable bonds is 29. The van der Waals surface area contributed by atoms with Gasteiger partial charge in [-0.05, 0) is 64.1 Å². The Morgan fingerprint density at radius 3 is 1.95 bits per heavy atom. The normalized spacial score (nSPS) is 11.4. The van der Waals surface area contributed by atoms with E-state index < -0.39 is 10.9 Å². The summed E-state index contributed by atoms with van der Waals surface area (Å²) in [4.78, 5) is 48.4. The van der Waals surface area contributed by atoms with Crippen molar-refractivity contribution in [2.24, 2.45) is 5.92 Å². The molecule has 0 saturated heterocycles. The number of anilines is 2. The summed E-state index contributed by atoms with van der Waals surface area (Å²) in [5, 5.41) is 5.94. The van der Waals surface area contributed by atoms with Crippen molar-refractivity contribution in [1.82, 2.24) is 4.90 Å². The molecule has 1 rings (SSSR count). The van der Waals surface area contributed by atoms with Crippen molar-refractivity contribution in [3.05, 3.63) is 20.4 Å². The smallest absolute Gasteiger partial charge is 0.305 e. The van der Waals surface area contributed by atoms with Crippen LogP contribution < -0.4 is 21.5 Å². The predicted molar refractivity (Wildman–Crippen MR) is 171 cm³/mol. The summed E-state index contributed by atoms with van der Waals surface area (Å²) in [5.74, 6) is 0.636. The quantitative estimate of drug-likeness (QED) is 0.0484. The minimum Gasteiger partial charge on any atom is -0.466 e. The van der Waals surface area contributed by atoms with Crippen LogP contribution in [0.25, 0.3) is 0 Å². The average Bonchev–Trinajstić information content (AvgIpc) is 2.97. The molecule has 0 amide bonds. The fraction of sp³-hybridized carbons (Fsp3) is 0.818. The topological polar surface area (TPSA) is 105 Å². The van der Waals surface area contributed by atoms with Gasteiger partial charge in [-0.2, -0.15) is 0 Å². The van der Waals surface area contributed by atoms with E-state index in [1.807, 2.05) is 0 Å². The molecule has 8 heteroatoms. The number of aldehydes is 1. The first kappa shape index (κ1) is 36.8. The molecule has 0 atom stereocenters. The van der Waals surface area contributed by atoms with Crippen molar-refractivity contribution in [3.8, 4) is 0 Å². The van der Waals surface area contributed by atoms with Crippen LogP contribution in [-0.4, -0.2) is 57.0 Å². The molecular weight excluding hydrogens is 518 g/mol. The van der Waals surface area contributed by atoms with Gasteiger partial charge in [0.05, 0.1) is 6.61 Å². The number of esters is 1. The number of unbranched alkanes of at least 4 members (excludes halogenated alkanes) is 9. The molecule has 0 aliphatic heterocycles. The Balaban J connectivity index is 2.24. The Bertz CT molecular complexity index is 875. The van der Waals surface area contributed by atoms with Gasteiger partial charge in [0.15, 0.2) is 0 Å². The summed E-state index contributed by atoms with van der Waals surface area (Å²) < 4.78 is 5.49. The number of hydrogen-bond donors (Lipinski definition) is 2. The van der Waals surface area contributed by atoms with E-state index in [2.05, 4.69) is 29.4 Å². The first-order valence-electron chi connectivity index (χ1n) is 16.5. The highest BCUT2D eigenvalue weighted by Gasteiger charge is 2.18. The van der Waals surface area contributed by atoms with Gasteiger partial charge in [0.1, 0.15) is 17.7 Å². The minimum atomic E-state index is -0.440. The maximum atomic E-state index is 12.1. The second-order valence-corrected chi connectivity index (χ2v) is 11.5. The fourth-order valence-corrected chi connectivity index (χ4v) is 5.54. The van der Waals surface area contributed by atoms with Crippen LogP contribution in [0.3, 0.4) is 0 Å². The molecule has 0 aliphatic carbocycles. The van der Waals surface area contributed by atoms with Crippen molar-refractivity contribution >= 4 is 23.6 Å². The van der Waals surface area contributed by atoms with E-state index >= 15 is 0 Å². The van der Waals surface area contributed by atoms with Crippen LogP contribution >= 0.6 is 0 Å². The van der Waals surface area contributed by atoms with Crippen LogP contribution in [0.4, 0.5) is 11.4 Å². The zero-order valence-electron chi connectivity index (χ0n) is 26.4. The molecule has 236 valence electrons. The monoisotopic (exact) mass is 577 g/mol. The Labute approximate surface area is 249 Å². The van der Waals surface area contributed by atoms with E-state index in [4.69, 9.17) is 4.74 Å². The van der Waals surface area contributed by atoms with Crippen molar-refractivity contribution in [2.45, 2.75) is 129 Å². The van der Waals surface area contributed by atoms with Gasteiger partial charge in [0.25, 0.3) is 10.9 Å². The van der Waals surface area contributed by atoms with Crippen molar-refractivity contribution < 1.29 is 14.3 Å². The molecule has 0 aromatic heterocycles. The number of ether oxygens (including phenoxy) is 1. The second kappa shape index (κ2) is 24.4. The molecule has 0 bridgehead atoms. The largest absolute Gasteiger partial charge is 0.466 e. The van der Waals surface area contributed by atoms with Gasteiger partial charge in [0, 0.05) is 26.4 Å². The first-order valence-corrected chi connectivity index (χ1v) is 16.5. The molecule has 1 aromatic rings. The van der Waals surface area contributed by atoms with Crippen LogP contribution in [0.15, 0.2) is 9.59 Å². The van der Waals surface area contributed by atoms with E-state index in [1.165, 1.54) is 38.5 Å². The standard InChI is InChI=1S/C33H59N3O5/c1-4-18-28(19-5-2)21-27-41-29(38)20-13-9-8-11-15-24-36(23-14-10-6-7-12-16-26-37)25-17-22-35-31-30(34-3)32(39)33(31)40/h26,28,34-35H,4-25,27H2,1-3H3. The molecule has 1 aromatic carbocycles. The maximum Gasteiger partial charge on any atom is 0.305 e. The van der Waals surface area contributed by atoms with E-state index in [0.717, 1.165) is 90.1 Å². The van der Waals surface area contributed by atoms with E-state index in [-0.39, 0.29) is 5.97 Å². The van der Waals surface area contributed by atoms with Crippen LogP contribution in [0.5, 0.6) is 0 Å². The van der Waals surface area contributed by atoms with Crippen LogP contribution in [-0.2, 0) is 14.3 Å². The predicted octanol–water partition coefficient (Wildman–Crippen LogP) is 6.46. The Morgan fingerprint density at radius 1 is 0.780 bits per heavy atom. The lowest BCUT2D eigenvalue weighted by Crippen LogP contribution is -2.37. The van der Waals surface area contributed by atoms with Crippen molar-refractivity contribution in [1.29, 1.82) is 0 Å². The third-order valence-corrected chi connectivity index (χ3v) is 7.95. The highest BCUT2D eigenvalue weighted by Crippen LogP contribution is 2.18. The minimum absolute atomic E-state index is 0.0479. The Kier molecular flexibility index (Phi) is 21.9. The molecular formula is C33H59N3O5. The molecule has 0 heterocycles. The van der Waals surface area contributed by atoms with Crippen LogP contribution in [0.2, 0.25) is 0 Å². The van der Waals surface area contributed by atoms with E-state index in [1.54, 1.807) is 7.05 Å². The summed E-state index contributed by atoms with van der Waals surface area (Å²) in [6.45, 7) is 8.71. The van der Waals surface area contributed by atoms with Gasteiger partial charge in [-0.15, -0.1) is 0 Å². The SMILES string of the molecule is CCCC(CCC)CCOC(=O)CCCCCCCN(CCCCCCCC=O)CCCNc1c(NC)c(=O)c1=O. The van der Waals surface area contributed by atoms with E-state index in [0.29, 0.717) is 43.3 Å². The van der Waals surface area contributed by atoms with Gasteiger partial charge in [-0.1, -0.05) is 78.1 Å². The molecule has 0 spiro atoms. The molecule has 0 fully saturated rings. The maximum absolute atomic E-state index is 12.1. The molecule has 0 saturated carbocycles. The Hall–Kier alpha value is -2.22. The van der Waals surface area contributed by atoms with Gasteiger partial charge in [-0.3, -0.25) is 14.4 Å². The van der Waals surface area contributed by atoms with Crippen LogP contribution in [0.1, 0.15) is 129 Å². The summed E-state index contributed by atoms with van der Waals surface area (Å²) in [7, 11) is 1.66. The zero-order chi connectivity index (χ0) is 30.1. The van der Waals surface area contributed by atoms with Crippen molar-refractivity contribution in [3.63, 3.8) is 0 Å². The number of carbonyl (C=O) groups excluding carboxylic acids is 2. The lowest BCUT2D eigenvalue weighted by atomic mass is 9.95. The number of nitrogens with one attached hydrogen (secondary N) is 2. The first-order chi connectivity index (χ1) is 20.0. The summed E-state index contributed by atoms with van der Waals surface area (Å²) in [6, 6.07) is 0. The fourth-order valence-electron chi connectivity index (χ4n) is 5.54. The van der Waals surface area contributed by atoms with Crippen LogP contribution in [0, 0.1) is 5.92 Å². The average molecular weight is 578 g/mol. The van der Waals surface area contributed by atoms with Gasteiger partial charge in [-0.25, -0.2) is 0 Å². The lowest BCUT2D eigenvalue weighted by Gasteiger charge is -2.23. The highest BCUT2D eigenvalue weighted by molar-refractivity contribution is 5.73. The van der Waals surface area contributed by atoms with Gasteiger partial charge >= 0.3 is 5.97 Å².